The van der Waals surface area contributed by atoms with Gasteiger partial charge in [0.05, 0.1) is 10.4 Å². The second-order valence-electron chi connectivity index (χ2n) is 9.24. The van der Waals surface area contributed by atoms with Crippen LogP contribution in [0.4, 0.5) is 4.79 Å². The summed E-state index contributed by atoms with van der Waals surface area (Å²) in [6.45, 7) is 7.13. The van der Waals surface area contributed by atoms with Gasteiger partial charge in [-0.1, -0.05) is 23.8 Å². The zero-order valence-corrected chi connectivity index (χ0v) is 19.4. The lowest BCUT2D eigenvalue weighted by Crippen LogP contribution is -2.49. The number of carbonyl (C=O) groups excluding carboxylic acids is 1. The summed E-state index contributed by atoms with van der Waals surface area (Å²) >= 11 is 0. The molecule has 4 rings (SSSR count). The molecule has 1 aliphatic carbocycles. The summed E-state index contributed by atoms with van der Waals surface area (Å²) in [5, 5.41) is 1.83. The largest absolute Gasteiger partial charge is 0.454 e. The summed E-state index contributed by atoms with van der Waals surface area (Å²) in [5.74, 6) is 0.538. The van der Waals surface area contributed by atoms with Gasteiger partial charge < -0.3 is 25.3 Å². The maximum Gasteiger partial charge on any atom is 0.408 e. The van der Waals surface area contributed by atoms with Gasteiger partial charge in [-0.05, 0) is 57.5 Å². The quantitative estimate of drug-likeness (QED) is 0.705. The number of aryl methyl sites for hydroxylation is 1. The van der Waals surface area contributed by atoms with E-state index in [0.717, 1.165) is 5.56 Å². The van der Waals surface area contributed by atoms with Crippen LogP contribution in [0.25, 0.3) is 0 Å². The van der Waals surface area contributed by atoms with Gasteiger partial charge in [0.15, 0.2) is 21.3 Å². The Morgan fingerprint density at radius 1 is 1.16 bits per heavy atom. The lowest BCUT2D eigenvalue weighted by molar-refractivity contribution is 0.0497. The van der Waals surface area contributed by atoms with Crippen LogP contribution < -0.4 is 20.5 Å². The van der Waals surface area contributed by atoms with Gasteiger partial charge in [0, 0.05) is 12.5 Å². The van der Waals surface area contributed by atoms with E-state index in [1.165, 1.54) is 0 Å². The van der Waals surface area contributed by atoms with Crippen LogP contribution in [0, 0.1) is 6.92 Å². The molecule has 0 aromatic heterocycles. The molecule has 0 unspecified atom stereocenters. The van der Waals surface area contributed by atoms with Gasteiger partial charge in [-0.3, -0.25) is 0 Å². The van der Waals surface area contributed by atoms with Crippen molar-refractivity contribution >= 4 is 15.9 Å². The van der Waals surface area contributed by atoms with E-state index in [1.807, 2.05) is 6.92 Å². The third-order valence-corrected chi connectivity index (χ3v) is 8.06. The SMILES string of the molecule is Cc1ccc(S(=O)(=O)[C@H]2[C@@H](c3ccc4c(c3)OCO4)[C@@]2(CN)NC(=O)OC(C)(C)C)cc1. The number of hydrogen-bond acceptors (Lipinski definition) is 7. The minimum atomic E-state index is -3.83. The normalized spacial score (nSPS) is 24.2. The van der Waals surface area contributed by atoms with E-state index >= 15 is 0 Å². The highest BCUT2D eigenvalue weighted by Crippen LogP contribution is 2.58. The average molecular weight is 461 g/mol. The third kappa shape index (κ3) is 3.91. The molecule has 3 atom stereocenters. The van der Waals surface area contributed by atoms with Crippen LogP contribution in [-0.4, -0.2) is 44.2 Å². The smallest absolute Gasteiger partial charge is 0.408 e. The molecule has 0 bridgehead atoms. The predicted octanol–water partition coefficient (Wildman–Crippen LogP) is 2.89. The van der Waals surface area contributed by atoms with Crippen molar-refractivity contribution in [3.05, 3.63) is 53.6 Å². The molecule has 8 nitrogen and oxygen atoms in total. The van der Waals surface area contributed by atoms with Crippen LogP contribution in [0.1, 0.15) is 37.8 Å². The summed E-state index contributed by atoms with van der Waals surface area (Å²) in [6, 6.07) is 11.9. The molecule has 9 heteroatoms. The topological polar surface area (TPSA) is 117 Å². The first kappa shape index (κ1) is 22.4. The zero-order valence-electron chi connectivity index (χ0n) is 18.5. The van der Waals surface area contributed by atoms with Gasteiger partial charge >= 0.3 is 6.09 Å². The van der Waals surface area contributed by atoms with Crippen molar-refractivity contribution in [2.24, 2.45) is 5.73 Å². The second kappa shape index (κ2) is 7.67. The fourth-order valence-electron chi connectivity index (χ4n) is 4.25. The average Bonchev–Trinajstić information content (AvgIpc) is 3.13. The number of hydrogen-bond donors (Lipinski definition) is 2. The molecule has 172 valence electrons. The minimum Gasteiger partial charge on any atom is -0.454 e. The molecule has 0 radical (unpaired) electrons. The molecular formula is C23H28N2O6S. The fraction of sp³-hybridized carbons (Fsp3) is 0.435. The Balaban J connectivity index is 1.75. The van der Waals surface area contributed by atoms with E-state index < -0.39 is 38.2 Å². The Morgan fingerprint density at radius 2 is 1.81 bits per heavy atom. The van der Waals surface area contributed by atoms with Crippen molar-refractivity contribution in [2.75, 3.05) is 13.3 Å². The van der Waals surface area contributed by atoms with Gasteiger partial charge in [0.1, 0.15) is 10.9 Å². The van der Waals surface area contributed by atoms with Crippen LogP contribution >= 0.6 is 0 Å². The zero-order chi connectivity index (χ0) is 23.3. The van der Waals surface area contributed by atoms with E-state index in [4.69, 9.17) is 19.9 Å². The Morgan fingerprint density at radius 3 is 2.44 bits per heavy atom. The van der Waals surface area contributed by atoms with Crippen molar-refractivity contribution in [1.29, 1.82) is 0 Å². The molecule has 2 aliphatic rings. The van der Waals surface area contributed by atoms with E-state index in [9.17, 15) is 13.2 Å². The van der Waals surface area contributed by atoms with Gasteiger partial charge in [-0.2, -0.15) is 0 Å². The molecule has 0 spiro atoms. The number of carbonyl (C=O) groups is 1. The van der Waals surface area contributed by atoms with Crippen molar-refractivity contribution in [2.45, 2.75) is 54.9 Å². The highest BCUT2D eigenvalue weighted by atomic mass is 32.2. The van der Waals surface area contributed by atoms with Crippen LogP contribution in [0.2, 0.25) is 0 Å². The molecule has 1 heterocycles. The maximum atomic E-state index is 13.7. The molecular weight excluding hydrogens is 432 g/mol. The molecule has 32 heavy (non-hydrogen) atoms. The van der Waals surface area contributed by atoms with E-state index in [2.05, 4.69) is 5.32 Å². The van der Waals surface area contributed by atoms with Crippen LogP contribution in [0.15, 0.2) is 47.4 Å². The first-order valence-corrected chi connectivity index (χ1v) is 11.9. The molecule has 1 fully saturated rings. The number of amides is 1. The van der Waals surface area contributed by atoms with Crippen LogP contribution in [0.3, 0.4) is 0 Å². The molecule has 3 N–H and O–H groups in total. The number of alkyl carbamates (subject to hydrolysis) is 1. The highest BCUT2D eigenvalue weighted by Gasteiger charge is 2.72. The molecule has 2 aromatic rings. The number of rotatable bonds is 5. The van der Waals surface area contributed by atoms with Gasteiger partial charge in [-0.25, -0.2) is 13.2 Å². The minimum absolute atomic E-state index is 0.0822. The molecule has 2 aromatic carbocycles. The standard InChI is InChI=1S/C23H28N2O6S/c1-14-5-8-16(9-6-14)32(27,28)20-19(15-7-10-17-18(11-15)30-13-29-17)23(20,12-24)25-21(26)31-22(2,3)4/h5-11,19-20H,12-13,24H2,1-4H3,(H,25,26)/t19-,20+,23-/m1/s1. The predicted molar refractivity (Wildman–Crippen MR) is 119 cm³/mol. The first-order valence-electron chi connectivity index (χ1n) is 10.4. The summed E-state index contributed by atoms with van der Waals surface area (Å²) < 4.78 is 43.6. The molecule has 1 amide bonds. The second-order valence-corrected chi connectivity index (χ2v) is 11.3. The van der Waals surface area contributed by atoms with E-state index in [0.29, 0.717) is 17.1 Å². The lowest BCUT2D eigenvalue weighted by atomic mass is 10.1. The van der Waals surface area contributed by atoms with Crippen molar-refractivity contribution < 1.29 is 27.4 Å². The Kier molecular flexibility index (Phi) is 5.37. The molecule has 0 saturated heterocycles. The molecule has 1 saturated carbocycles. The van der Waals surface area contributed by atoms with Crippen molar-refractivity contribution in [3.63, 3.8) is 0 Å². The fourth-order valence-corrected chi connectivity index (χ4v) is 6.59. The number of sulfone groups is 1. The van der Waals surface area contributed by atoms with Crippen LogP contribution in [-0.2, 0) is 14.6 Å². The number of benzene rings is 2. The summed E-state index contributed by atoms with van der Waals surface area (Å²) in [4.78, 5) is 12.8. The Labute approximate surface area is 188 Å². The van der Waals surface area contributed by atoms with E-state index in [1.54, 1.807) is 63.2 Å². The van der Waals surface area contributed by atoms with Crippen LogP contribution in [0.5, 0.6) is 11.5 Å². The summed E-state index contributed by atoms with van der Waals surface area (Å²) in [6.07, 6.45) is -0.713. The number of nitrogens with two attached hydrogens (primary N) is 1. The number of fused-ring (bicyclic) bond motifs is 1. The Bertz CT molecular complexity index is 1140. The number of nitrogens with one attached hydrogen (secondary N) is 1. The summed E-state index contributed by atoms with van der Waals surface area (Å²) in [7, 11) is -3.83. The summed E-state index contributed by atoms with van der Waals surface area (Å²) in [5.41, 5.74) is 5.80. The molecule has 1 aliphatic heterocycles. The number of ether oxygens (including phenoxy) is 3. The monoisotopic (exact) mass is 460 g/mol. The van der Waals surface area contributed by atoms with Crippen molar-refractivity contribution in [3.8, 4) is 11.5 Å². The lowest BCUT2D eigenvalue weighted by Gasteiger charge is -2.24. The maximum absolute atomic E-state index is 13.7. The highest BCUT2D eigenvalue weighted by molar-refractivity contribution is 7.92. The van der Waals surface area contributed by atoms with Crippen molar-refractivity contribution in [1.82, 2.24) is 5.32 Å². The van der Waals surface area contributed by atoms with Gasteiger partial charge in [-0.15, -0.1) is 0 Å². The van der Waals surface area contributed by atoms with Gasteiger partial charge in [0.25, 0.3) is 0 Å². The Hall–Kier alpha value is -2.78. The van der Waals surface area contributed by atoms with Gasteiger partial charge in [0.2, 0.25) is 6.79 Å². The van der Waals surface area contributed by atoms with E-state index in [-0.39, 0.29) is 18.2 Å². The first-order chi connectivity index (χ1) is 15.0. The third-order valence-electron chi connectivity index (χ3n) is 5.77.